The number of amides is 1. The number of aromatic nitrogens is 5. The number of benzene rings is 1. The third kappa shape index (κ3) is 3.28. The highest BCUT2D eigenvalue weighted by Gasteiger charge is 2.55. The molecule has 0 bridgehead atoms. The van der Waals surface area contributed by atoms with Crippen molar-refractivity contribution in [2.75, 3.05) is 10.2 Å². The van der Waals surface area contributed by atoms with E-state index in [0.29, 0.717) is 29.4 Å². The van der Waals surface area contributed by atoms with Gasteiger partial charge in [-0.25, -0.2) is 19.3 Å². The van der Waals surface area contributed by atoms with Crippen LogP contribution in [0.5, 0.6) is 0 Å². The molecular weight excluding hydrogens is 373 g/mol. The molecule has 3 heterocycles. The quantitative estimate of drug-likeness (QED) is 0.729. The van der Waals surface area contributed by atoms with Gasteiger partial charge in [-0.1, -0.05) is 6.07 Å². The smallest absolute Gasteiger partial charge is 0.247 e. The Balaban J connectivity index is 1.38. The van der Waals surface area contributed by atoms with Gasteiger partial charge in [-0.2, -0.15) is 5.10 Å². The molecule has 2 fully saturated rings. The van der Waals surface area contributed by atoms with Crippen molar-refractivity contribution >= 4 is 17.5 Å². The number of hydrogen-bond acceptors (Lipinski definition) is 7. The zero-order chi connectivity index (χ0) is 20.0. The summed E-state index contributed by atoms with van der Waals surface area (Å²) in [6.07, 6.45) is 7.19. The number of halogens is 1. The zero-order valence-corrected chi connectivity index (χ0v) is 15.7. The van der Waals surface area contributed by atoms with Gasteiger partial charge in [0, 0.05) is 17.3 Å². The largest absolute Gasteiger partial charge is 0.324 e. The minimum absolute atomic E-state index is 0.112. The highest BCUT2D eigenvalue weighted by molar-refractivity contribution is 5.98. The first-order valence-corrected chi connectivity index (χ1v) is 9.41. The number of piperidine rings is 1. The van der Waals surface area contributed by atoms with Crippen LogP contribution in [0.25, 0.3) is 11.4 Å². The van der Waals surface area contributed by atoms with E-state index in [1.165, 1.54) is 6.20 Å². The lowest BCUT2D eigenvalue weighted by Gasteiger charge is -2.26. The van der Waals surface area contributed by atoms with E-state index in [1.54, 1.807) is 12.3 Å². The third-order valence-electron chi connectivity index (χ3n) is 5.47. The first-order chi connectivity index (χ1) is 14.1. The molecule has 1 saturated heterocycles. The second-order valence-corrected chi connectivity index (χ2v) is 7.41. The van der Waals surface area contributed by atoms with Crippen molar-refractivity contribution < 1.29 is 9.18 Å². The van der Waals surface area contributed by atoms with Crippen LogP contribution < -0.4 is 10.2 Å². The van der Waals surface area contributed by atoms with Gasteiger partial charge in [-0.15, -0.1) is 5.10 Å². The van der Waals surface area contributed by atoms with Gasteiger partial charge in [-0.3, -0.25) is 4.79 Å². The van der Waals surface area contributed by atoms with Crippen LogP contribution in [0.1, 0.15) is 18.4 Å². The van der Waals surface area contributed by atoms with Crippen molar-refractivity contribution in [2.45, 2.75) is 31.8 Å². The number of anilines is 2. The van der Waals surface area contributed by atoms with Crippen molar-refractivity contribution in [2.24, 2.45) is 5.92 Å². The molecule has 3 aromatic rings. The highest BCUT2D eigenvalue weighted by atomic mass is 19.1. The molecule has 29 heavy (non-hydrogen) atoms. The minimum atomic E-state index is -0.492. The number of nitrogens with one attached hydrogen (secondary N) is 1. The van der Waals surface area contributed by atoms with E-state index in [2.05, 4.69) is 30.5 Å². The highest BCUT2D eigenvalue weighted by Crippen LogP contribution is 2.49. The molecule has 0 unspecified atom stereocenters. The summed E-state index contributed by atoms with van der Waals surface area (Å²) in [5.74, 6) is 0.790. The van der Waals surface area contributed by atoms with Gasteiger partial charge in [0.25, 0.3) is 0 Å². The molecule has 2 aliphatic rings. The van der Waals surface area contributed by atoms with Gasteiger partial charge < -0.3 is 10.2 Å². The van der Waals surface area contributed by atoms with E-state index >= 15 is 0 Å². The Labute approximate surface area is 166 Å². The lowest BCUT2D eigenvalue weighted by molar-refractivity contribution is -0.117. The number of aryl methyl sites for hydroxylation is 1. The summed E-state index contributed by atoms with van der Waals surface area (Å²) >= 11 is 0. The van der Waals surface area contributed by atoms with Gasteiger partial charge in [0.15, 0.2) is 11.6 Å². The molecule has 146 valence electrons. The van der Waals surface area contributed by atoms with Gasteiger partial charge in [0.05, 0.1) is 24.8 Å². The van der Waals surface area contributed by atoms with Crippen molar-refractivity contribution in [1.29, 1.82) is 0 Å². The van der Waals surface area contributed by atoms with E-state index in [-0.39, 0.29) is 11.9 Å². The molecule has 1 amide bonds. The molecule has 3 atom stereocenters. The predicted molar refractivity (Wildman–Crippen MR) is 103 cm³/mol. The fraction of sp³-hybridized carbons (Fsp3) is 0.300. The Hall–Kier alpha value is -3.49. The number of hydrogen-bond donors (Lipinski definition) is 1. The Morgan fingerprint density at radius 3 is 2.76 bits per heavy atom. The molecule has 1 aliphatic carbocycles. The lowest BCUT2D eigenvalue weighted by atomic mass is 10.1. The number of carbonyl (C=O) groups is 1. The summed E-state index contributed by atoms with van der Waals surface area (Å²) in [6, 6.07) is 5.49. The van der Waals surface area contributed by atoms with Gasteiger partial charge in [0.2, 0.25) is 11.9 Å². The van der Waals surface area contributed by atoms with Crippen LogP contribution in [0, 0.1) is 18.7 Å². The Morgan fingerprint density at radius 2 is 2.00 bits per heavy atom. The van der Waals surface area contributed by atoms with Crippen LogP contribution in [0.4, 0.5) is 16.0 Å². The third-order valence-corrected chi connectivity index (χ3v) is 5.47. The Bertz CT molecular complexity index is 1060. The maximum Gasteiger partial charge on any atom is 0.247 e. The summed E-state index contributed by atoms with van der Waals surface area (Å²) in [7, 11) is 0. The molecule has 1 saturated carbocycles. The summed E-state index contributed by atoms with van der Waals surface area (Å²) in [5, 5.41) is 11.0. The SMILES string of the molecule is Cc1ccc(NC(=O)[C@@H]2C[C@@H]3C[C@@H]3N2c2nccnn2)cc1-c1ncc(F)cn1. The first-order valence-electron chi connectivity index (χ1n) is 9.41. The molecule has 2 aromatic heterocycles. The van der Waals surface area contributed by atoms with Crippen LogP contribution in [0.3, 0.4) is 0 Å². The van der Waals surface area contributed by atoms with E-state index in [4.69, 9.17) is 0 Å². The molecule has 1 N–H and O–H groups in total. The number of nitrogens with zero attached hydrogens (tertiary/aromatic N) is 6. The normalized spacial score (nSPS) is 22.3. The van der Waals surface area contributed by atoms with Crippen LogP contribution in [-0.2, 0) is 4.79 Å². The van der Waals surface area contributed by atoms with Crippen molar-refractivity contribution in [3.8, 4) is 11.4 Å². The number of carbonyl (C=O) groups excluding carboxylic acids is 1. The molecular formula is C20H18FN7O. The van der Waals surface area contributed by atoms with Crippen molar-refractivity contribution in [1.82, 2.24) is 25.1 Å². The molecule has 0 spiro atoms. The topological polar surface area (TPSA) is 96.8 Å². The van der Waals surface area contributed by atoms with Gasteiger partial charge >= 0.3 is 0 Å². The molecule has 1 aromatic carbocycles. The van der Waals surface area contributed by atoms with E-state index in [0.717, 1.165) is 36.4 Å². The summed E-state index contributed by atoms with van der Waals surface area (Å²) in [4.78, 5) is 27.4. The molecule has 5 rings (SSSR count). The monoisotopic (exact) mass is 391 g/mol. The number of fused-ring (bicyclic) bond motifs is 1. The van der Waals surface area contributed by atoms with E-state index < -0.39 is 5.82 Å². The summed E-state index contributed by atoms with van der Waals surface area (Å²) in [6.45, 7) is 1.92. The molecule has 0 radical (unpaired) electrons. The second-order valence-electron chi connectivity index (χ2n) is 7.41. The Kier molecular flexibility index (Phi) is 4.15. The average Bonchev–Trinajstić information content (AvgIpc) is 3.40. The lowest BCUT2D eigenvalue weighted by Crippen LogP contribution is -2.43. The number of rotatable bonds is 4. The van der Waals surface area contributed by atoms with Crippen molar-refractivity contribution in [3.05, 3.63) is 54.4 Å². The molecule has 8 nitrogen and oxygen atoms in total. The van der Waals surface area contributed by atoms with E-state index in [9.17, 15) is 9.18 Å². The first kappa shape index (κ1) is 17.6. The van der Waals surface area contributed by atoms with Crippen LogP contribution in [0.15, 0.2) is 43.0 Å². The average molecular weight is 391 g/mol. The summed E-state index contributed by atoms with van der Waals surface area (Å²) < 4.78 is 13.1. The van der Waals surface area contributed by atoms with Gasteiger partial charge in [-0.05, 0) is 43.4 Å². The van der Waals surface area contributed by atoms with Crippen molar-refractivity contribution in [3.63, 3.8) is 0 Å². The maximum absolute atomic E-state index is 13.1. The maximum atomic E-state index is 13.1. The second kappa shape index (κ2) is 6.84. The van der Waals surface area contributed by atoms with Gasteiger partial charge in [0.1, 0.15) is 6.04 Å². The van der Waals surface area contributed by atoms with Crippen LogP contribution >= 0.6 is 0 Å². The van der Waals surface area contributed by atoms with Crippen LogP contribution in [0.2, 0.25) is 0 Å². The fourth-order valence-electron chi connectivity index (χ4n) is 3.95. The van der Waals surface area contributed by atoms with E-state index in [1.807, 2.05) is 24.0 Å². The zero-order valence-electron chi connectivity index (χ0n) is 15.7. The predicted octanol–water partition coefficient (Wildman–Crippen LogP) is 2.38. The molecule has 1 aliphatic heterocycles. The summed E-state index contributed by atoms with van der Waals surface area (Å²) in [5.41, 5.74) is 2.31. The molecule has 9 heteroatoms. The fourth-order valence-corrected chi connectivity index (χ4v) is 3.95. The Morgan fingerprint density at radius 1 is 1.17 bits per heavy atom. The minimum Gasteiger partial charge on any atom is -0.324 e. The van der Waals surface area contributed by atoms with Crippen LogP contribution in [-0.4, -0.2) is 43.1 Å². The standard InChI is InChI=1S/C20H18FN7O/c1-11-2-3-14(8-15(11)18-23-9-13(21)10-24-18)26-19(29)17-7-12-6-16(12)28(17)20-22-4-5-25-27-20/h2-5,8-10,12,16-17H,6-7H2,1H3,(H,26,29)/t12-,16-,17-/m0/s1.